The first kappa shape index (κ1) is 19.0. The zero-order valence-electron chi connectivity index (χ0n) is 14.4. The van der Waals surface area contributed by atoms with Crippen molar-refractivity contribution in [3.8, 4) is 0 Å². The van der Waals surface area contributed by atoms with Crippen LogP contribution in [0.1, 0.15) is 20.3 Å². The molecular weight excluding hydrogens is 342 g/mol. The maximum Gasteiger partial charge on any atom is 0.321 e. The molecule has 3 amide bonds. The number of nitrogens with one attached hydrogen (secondary N) is 2. The third kappa shape index (κ3) is 4.85. The van der Waals surface area contributed by atoms with Crippen LogP contribution in [0.2, 0.25) is 0 Å². The fraction of sp³-hybridized carbons (Fsp3) is 0.375. The summed E-state index contributed by atoms with van der Waals surface area (Å²) >= 11 is 0. The number of imide groups is 1. The van der Waals surface area contributed by atoms with Crippen LogP contribution < -0.4 is 16.2 Å². The molecule has 0 saturated heterocycles. The maximum absolute atomic E-state index is 12.3. The Morgan fingerprint density at radius 2 is 2.00 bits per heavy atom. The van der Waals surface area contributed by atoms with Gasteiger partial charge in [0.15, 0.2) is 6.10 Å². The summed E-state index contributed by atoms with van der Waals surface area (Å²) in [5.74, 6) is -1.45. The van der Waals surface area contributed by atoms with Gasteiger partial charge in [-0.1, -0.05) is 17.3 Å². The number of hydrogen-bond acceptors (Lipinski definition) is 7. The van der Waals surface area contributed by atoms with Crippen LogP contribution in [0.5, 0.6) is 0 Å². The van der Waals surface area contributed by atoms with E-state index in [9.17, 15) is 19.2 Å². The van der Waals surface area contributed by atoms with Gasteiger partial charge in [0, 0.05) is 6.54 Å². The number of urea groups is 1. The highest BCUT2D eigenvalue weighted by Crippen LogP contribution is 2.04. The van der Waals surface area contributed by atoms with Crippen molar-refractivity contribution in [1.82, 2.24) is 25.6 Å². The summed E-state index contributed by atoms with van der Waals surface area (Å²) in [6.07, 6.45) is -1.32. The van der Waals surface area contributed by atoms with Crippen LogP contribution in [0.4, 0.5) is 4.79 Å². The Hall–Kier alpha value is -3.30. The summed E-state index contributed by atoms with van der Waals surface area (Å²) in [6, 6.07) is 6.06. The second-order valence-corrected chi connectivity index (χ2v) is 5.37. The number of benzene rings is 1. The molecule has 1 unspecified atom stereocenters. The number of ether oxygens (including phenoxy) is 1. The first-order valence-corrected chi connectivity index (χ1v) is 8.03. The van der Waals surface area contributed by atoms with E-state index in [1.54, 1.807) is 31.2 Å². The van der Waals surface area contributed by atoms with E-state index in [1.165, 1.54) is 6.92 Å². The number of amides is 3. The molecule has 0 saturated carbocycles. The van der Waals surface area contributed by atoms with Gasteiger partial charge in [-0.3, -0.25) is 19.7 Å². The van der Waals surface area contributed by atoms with Crippen LogP contribution in [0.3, 0.4) is 0 Å². The van der Waals surface area contributed by atoms with Gasteiger partial charge >= 0.3 is 12.0 Å². The van der Waals surface area contributed by atoms with Crippen LogP contribution in [0.25, 0.3) is 10.9 Å². The van der Waals surface area contributed by atoms with E-state index in [2.05, 4.69) is 15.6 Å². The van der Waals surface area contributed by atoms with Crippen molar-refractivity contribution in [2.75, 3.05) is 6.54 Å². The van der Waals surface area contributed by atoms with Crippen LogP contribution in [0, 0.1) is 0 Å². The Labute approximate surface area is 148 Å². The fourth-order valence-electron chi connectivity index (χ4n) is 2.09. The highest BCUT2D eigenvalue weighted by molar-refractivity contribution is 5.97. The second kappa shape index (κ2) is 8.70. The highest BCUT2D eigenvalue weighted by atomic mass is 16.5. The van der Waals surface area contributed by atoms with Gasteiger partial charge < -0.3 is 10.1 Å². The molecule has 0 fully saturated rings. The van der Waals surface area contributed by atoms with Crippen LogP contribution in [-0.2, 0) is 20.9 Å². The summed E-state index contributed by atoms with van der Waals surface area (Å²) in [7, 11) is 0. The second-order valence-electron chi connectivity index (χ2n) is 5.37. The monoisotopic (exact) mass is 361 g/mol. The fourth-order valence-corrected chi connectivity index (χ4v) is 2.09. The minimum absolute atomic E-state index is 0.0415. The molecule has 10 nitrogen and oxygen atoms in total. The molecule has 2 rings (SSSR count). The average Bonchev–Trinajstić information content (AvgIpc) is 2.61. The molecule has 26 heavy (non-hydrogen) atoms. The average molecular weight is 361 g/mol. The van der Waals surface area contributed by atoms with Crippen molar-refractivity contribution in [2.45, 2.75) is 32.9 Å². The summed E-state index contributed by atoms with van der Waals surface area (Å²) < 4.78 is 6.00. The van der Waals surface area contributed by atoms with E-state index in [1.807, 2.05) is 5.32 Å². The van der Waals surface area contributed by atoms with Gasteiger partial charge in [0.1, 0.15) is 5.52 Å². The lowest BCUT2D eigenvalue weighted by molar-refractivity contribution is -0.154. The number of hydrogen-bond donors (Lipinski definition) is 2. The molecule has 138 valence electrons. The van der Waals surface area contributed by atoms with Crippen LogP contribution in [0.15, 0.2) is 29.1 Å². The number of carbonyl (C=O) groups is 3. The van der Waals surface area contributed by atoms with Crippen molar-refractivity contribution in [1.29, 1.82) is 0 Å². The SMILES string of the molecule is CCNC(=O)NC(=O)C(C)OC(=O)CCn1nnc2ccccc2c1=O. The van der Waals surface area contributed by atoms with Crippen LogP contribution in [-0.4, -0.2) is 45.6 Å². The Bertz CT molecular complexity index is 879. The number of carbonyl (C=O) groups excluding carboxylic acids is 3. The normalized spacial score (nSPS) is 11.6. The first-order valence-electron chi connectivity index (χ1n) is 8.03. The maximum atomic E-state index is 12.3. The van der Waals surface area contributed by atoms with Gasteiger partial charge in [-0.2, -0.15) is 0 Å². The number of rotatable bonds is 6. The summed E-state index contributed by atoms with van der Waals surface area (Å²) in [6.45, 7) is 3.36. The Morgan fingerprint density at radius 1 is 1.27 bits per heavy atom. The van der Waals surface area contributed by atoms with Crippen molar-refractivity contribution >= 4 is 28.8 Å². The smallest absolute Gasteiger partial charge is 0.321 e. The van der Waals surface area contributed by atoms with E-state index in [0.717, 1.165) is 4.68 Å². The van der Waals surface area contributed by atoms with E-state index in [-0.39, 0.29) is 18.5 Å². The topological polar surface area (TPSA) is 132 Å². The lowest BCUT2D eigenvalue weighted by atomic mass is 10.2. The van der Waals surface area contributed by atoms with Gasteiger partial charge in [0.25, 0.3) is 11.5 Å². The van der Waals surface area contributed by atoms with Gasteiger partial charge in [0.05, 0.1) is 18.4 Å². The van der Waals surface area contributed by atoms with E-state index < -0.39 is 24.0 Å². The molecule has 0 aliphatic carbocycles. The number of fused-ring (bicyclic) bond motifs is 1. The molecule has 2 N–H and O–H groups in total. The lowest BCUT2D eigenvalue weighted by Crippen LogP contribution is -2.44. The van der Waals surface area contributed by atoms with Crippen molar-refractivity contribution in [3.05, 3.63) is 34.6 Å². The quantitative estimate of drug-likeness (QED) is 0.690. The molecule has 0 aliphatic rings. The highest BCUT2D eigenvalue weighted by Gasteiger charge is 2.20. The molecule has 1 aromatic carbocycles. The van der Waals surface area contributed by atoms with Crippen molar-refractivity contribution < 1.29 is 19.1 Å². The van der Waals surface area contributed by atoms with Gasteiger partial charge in [-0.15, -0.1) is 5.10 Å². The lowest BCUT2D eigenvalue weighted by Gasteiger charge is -2.13. The van der Waals surface area contributed by atoms with Gasteiger partial charge in [-0.25, -0.2) is 9.48 Å². The summed E-state index contributed by atoms with van der Waals surface area (Å²) in [4.78, 5) is 47.1. The van der Waals surface area contributed by atoms with Crippen molar-refractivity contribution in [2.24, 2.45) is 0 Å². The zero-order chi connectivity index (χ0) is 19.1. The Balaban J connectivity index is 1.90. The molecular formula is C16H19N5O5. The van der Waals surface area contributed by atoms with E-state index in [4.69, 9.17) is 4.74 Å². The minimum Gasteiger partial charge on any atom is -0.452 e. The van der Waals surface area contributed by atoms with Crippen molar-refractivity contribution in [3.63, 3.8) is 0 Å². The molecule has 0 bridgehead atoms. The number of esters is 1. The Morgan fingerprint density at radius 3 is 2.73 bits per heavy atom. The number of nitrogens with zero attached hydrogens (tertiary/aromatic N) is 3. The van der Waals surface area contributed by atoms with E-state index in [0.29, 0.717) is 17.4 Å². The summed E-state index contributed by atoms with van der Waals surface area (Å²) in [5, 5.41) is 12.5. The number of aromatic nitrogens is 3. The first-order chi connectivity index (χ1) is 12.4. The molecule has 1 aromatic heterocycles. The molecule has 0 spiro atoms. The van der Waals surface area contributed by atoms with Crippen LogP contribution >= 0.6 is 0 Å². The summed E-state index contributed by atoms with van der Waals surface area (Å²) in [5.41, 5.74) is 0.0948. The molecule has 2 aromatic rings. The molecule has 10 heteroatoms. The zero-order valence-corrected chi connectivity index (χ0v) is 14.4. The third-order valence-corrected chi connectivity index (χ3v) is 3.41. The van der Waals surface area contributed by atoms with Gasteiger partial charge in [0.2, 0.25) is 0 Å². The molecule has 0 aliphatic heterocycles. The van der Waals surface area contributed by atoms with Gasteiger partial charge in [-0.05, 0) is 26.0 Å². The Kier molecular flexibility index (Phi) is 6.36. The largest absolute Gasteiger partial charge is 0.452 e. The predicted octanol–water partition coefficient (Wildman–Crippen LogP) is -0.0410. The molecule has 1 atom stereocenters. The third-order valence-electron chi connectivity index (χ3n) is 3.41. The standard InChI is InChI=1S/C16H19N5O5/c1-3-17-16(25)18-14(23)10(2)26-13(22)8-9-21-15(24)11-6-4-5-7-12(11)19-20-21/h4-7,10H,3,8-9H2,1-2H3,(H2,17,18,23,25). The minimum atomic E-state index is -1.15. The predicted molar refractivity (Wildman–Crippen MR) is 91.2 cm³/mol. The van der Waals surface area contributed by atoms with E-state index >= 15 is 0 Å². The molecule has 1 heterocycles. The number of aryl methyl sites for hydroxylation is 1. The molecule has 0 radical (unpaired) electrons.